The Morgan fingerprint density at radius 2 is 2.06 bits per heavy atom. The lowest BCUT2D eigenvalue weighted by Crippen LogP contribution is -2.43. The summed E-state index contributed by atoms with van der Waals surface area (Å²) in [5.41, 5.74) is 8.36. The first kappa shape index (κ1) is 10.5. The predicted octanol–water partition coefficient (Wildman–Crippen LogP) is 2.32. The van der Waals surface area contributed by atoms with Crippen LogP contribution in [0.1, 0.15) is 24.8 Å². The SMILES string of the molecule is CC1C(N)CC1c1cnn(-c2ccccc2)c1. The average Bonchev–Trinajstić information content (AvgIpc) is 2.85. The van der Waals surface area contributed by atoms with E-state index in [1.165, 1.54) is 5.56 Å². The van der Waals surface area contributed by atoms with Crippen LogP contribution in [0.5, 0.6) is 0 Å². The zero-order chi connectivity index (χ0) is 11.8. The number of para-hydroxylation sites is 1. The Morgan fingerprint density at radius 1 is 1.29 bits per heavy atom. The highest BCUT2D eigenvalue weighted by Crippen LogP contribution is 2.41. The van der Waals surface area contributed by atoms with Gasteiger partial charge in [0.25, 0.3) is 0 Å². The van der Waals surface area contributed by atoms with E-state index < -0.39 is 0 Å². The standard InChI is InChI=1S/C14H17N3/c1-10-13(7-14(10)15)11-8-16-17(9-11)12-5-3-2-4-6-12/h2-6,8-10,13-14H,7,15H2,1H3. The highest BCUT2D eigenvalue weighted by molar-refractivity contribution is 5.32. The molecule has 0 saturated heterocycles. The molecular formula is C14H17N3. The summed E-state index contributed by atoms with van der Waals surface area (Å²) in [6.45, 7) is 2.22. The number of hydrogen-bond donors (Lipinski definition) is 1. The Bertz CT molecular complexity index is 503. The molecule has 1 saturated carbocycles. The fourth-order valence-corrected chi connectivity index (χ4v) is 2.51. The molecule has 3 nitrogen and oxygen atoms in total. The highest BCUT2D eigenvalue weighted by atomic mass is 15.3. The molecule has 3 unspecified atom stereocenters. The number of rotatable bonds is 2. The van der Waals surface area contributed by atoms with Gasteiger partial charge in [-0.15, -0.1) is 0 Å². The van der Waals surface area contributed by atoms with Crippen molar-refractivity contribution in [1.29, 1.82) is 0 Å². The first-order chi connectivity index (χ1) is 8.25. The van der Waals surface area contributed by atoms with Crippen molar-refractivity contribution in [1.82, 2.24) is 9.78 Å². The fourth-order valence-electron chi connectivity index (χ4n) is 2.51. The lowest BCUT2D eigenvalue weighted by atomic mass is 9.68. The van der Waals surface area contributed by atoms with Crippen molar-refractivity contribution in [3.05, 3.63) is 48.3 Å². The molecule has 0 aliphatic heterocycles. The number of hydrogen-bond acceptors (Lipinski definition) is 2. The first-order valence-corrected chi connectivity index (χ1v) is 6.11. The maximum Gasteiger partial charge on any atom is 0.0645 e. The van der Waals surface area contributed by atoms with Gasteiger partial charge >= 0.3 is 0 Å². The molecule has 3 atom stereocenters. The van der Waals surface area contributed by atoms with Crippen molar-refractivity contribution >= 4 is 0 Å². The molecule has 2 N–H and O–H groups in total. The average molecular weight is 227 g/mol. The van der Waals surface area contributed by atoms with Gasteiger partial charge in [0, 0.05) is 12.2 Å². The minimum atomic E-state index is 0.361. The largest absolute Gasteiger partial charge is 0.327 e. The Balaban J connectivity index is 1.84. The van der Waals surface area contributed by atoms with E-state index in [0.717, 1.165) is 12.1 Å². The summed E-state index contributed by atoms with van der Waals surface area (Å²) in [6, 6.07) is 10.6. The van der Waals surface area contributed by atoms with Gasteiger partial charge in [-0.05, 0) is 36.0 Å². The molecule has 17 heavy (non-hydrogen) atoms. The zero-order valence-electron chi connectivity index (χ0n) is 9.95. The maximum atomic E-state index is 5.94. The van der Waals surface area contributed by atoms with Crippen LogP contribution >= 0.6 is 0 Å². The third kappa shape index (κ3) is 1.76. The molecule has 0 bridgehead atoms. The smallest absolute Gasteiger partial charge is 0.0645 e. The molecule has 1 heterocycles. The monoisotopic (exact) mass is 227 g/mol. The molecule has 0 amide bonds. The highest BCUT2D eigenvalue weighted by Gasteiger charge is 2.36. The summed E-state index contributed by atoms with van der Waals surface area (Å²) in [5.74, 6) is 1.16. The normalized spacial score (nSPS) is 27.8. The molecule has 1 fully saturated rings. The van der Waals surface area contributed by atoms with E-state index in [0.29, 0.717) is 17.9 Å². The number of nitrogens with zero attached hydrogens (tertiary/aromatic N) is 2. The Hall–Kier alpha value is -1.61. The van der Waals surface area contributed by atoms with Crippen LogP contribution in [0.2, 0.25) is 0 Å². The van der Waals surface area contributed by atoms with Gasteiger partial charge in [-0.25, -0.2) is 4.68 Å². The van der Waals surface area contributed by atoms with E-state index in [4.69, 9.17) is 5.73 Å². The summed E-state index contributed by atoms with van der Waals surface area (Å²) in [4.78, 5) is 0. The molecule has 2 aromatic rings. The summed E-state index contributed by atoms with van der Waals surface area (Å²) < 4.78 is 1.94. The van der Waals surface area contributed by atoms with Gasteiger partial charge in [0.1, 0.15) is 0 Å². The molecule has 1 aliphatic rings. The van der Waals surface area contributed by atoms with Crippen LogP contribution in [0.3, 0.4) is 0 Å². The van der Waals surface area contributed by atoms with Crippen LogP contribution in [0, 0.1) is 5.92 Å². The van der Waals surface area contributed by atoms with Gasteiger partial charge < -0.3 is 5.73 Å². The first-order valence-electron chi connectivity index (χ1n) is 6.11. The number of aromatic nitrogens is 2. The molecule has 1 aromatic heterocycles. The molecule has 3 heteroatoms. The third-order valence-corrected chi connectivity index (χ3v) is 3.89. The van der Waals surface area contributed by atoms with Crippen molar-refractivity contribution in [2.45, 2.75) is 25.3 Å². The van der Waals surface area contributed by atoms with Crippen LogP contribution in [0.25, 0.3) is 5.69 Å². The molecule has 0 spiro atoms. The van der Waals surface area contributed by atoms with Gasteiger partial charge in [-0.1, -0.05) is 25.1 Å². The van der Waals surface area contributed by atoms with Gasteiger partial charge in [0.15, 0.2) is 0 Å². The van der Waals surface area contributed by atoms with Gasteiger partial charge in [-0.3, -0.25) is 0 Å². The molecule has 88 valence electrons. The summed E-state index contributed by atoms with van der Waals surface area (Å²) in [5, 5.41) is 4.42. The summed E-state index contributed by atoms with van der Waals surface area (Å²) in [7, 11) is 0. The number of nitrogens with two attached hydrogens (primary N) is 1. The molecule has 1 aromatic carbocycles. The van der Waals surface area contributed by atoms with Gasteiger partial charge in [-0.2, -0.15) is 5.10 Å². The lowest BCUT2D eigenvalue weighted by Gasteiger charge is -2.40. The fraction of sp³-hybridized carbons (Fsp3) is 0.357. The predicted molar refractivity (Wildman–Crippen MR) is 68.1 cm³/mol. The van der Waals surface area contributed by atoms with E-state index in [1.807, 2.05) is 29.1 Å². The van der Waals surface area contributed by atoms with Crippen molar-refractivity contribution in [3.8, 4) is 5.69 Å². The number of benzene rings is 1. The van der Waals surface area contributed by atoms with Gasteiger partial charge in [0.05, 0.1) is 11.9 Å². The van der Waals surface area contributed by atoms with Crippen molar-refractivity contribution in [2.75, 3.05) is 0 Å². The van der Waals surface area contributed by atoms with Crippen LogP contribution in [-0.2, 0) is 0 Å². The van der Waals surface area contributed by atoms with Crippen LogP contribution in [0.15, 0.2) is 42.7 Å². The second kappa shape index (κ2) is 4.00. The Morgan fingerprint density at radius 3 is 2.71 bits per heavy atom. The molecule has 1 aliphatic carbocycles. The molecular weight excluding hydrogens is 210 g/mol. The van der Waals surface area contributed by atoms with E-state index >= 15 is 0 Å². The topological polar surface area (TPSA) is 43.8 Å². The Kier molecular flexibility index (Phi) is 2.48. The second-order valence-electron chi connectivity index (χ2n) is 4.92. The summed E-state index contributed by atoms with van der Waals surface area (Å²) in [6.07, 6.45) is 5.18. The molecule has 3 rings (SSSR count). The maximum absolute atomic E-state index is 5.94. The van der Waals surface area contributed by atoms with E-state index in [2.05, 4.69) is 30.4 Å². The van der Waals surface area contributed by atoms with E-state index in [1.54, 1.807) is 0 Å². The van der Waals surface area contributed by atoms with Crippen LogP contribution < -0.4 is 5.73 Å². The lowest BCUT2D eigenvalue weighted by molar-refractivity contribution is 0.226. The van der Waals surface area contributed by atoms with Crippen LogP contribution in [-0.4, -0.2) is 15.8 Å². The van der Waals surface area contributed by atoms with Crippen molar-refractivity contribution < 1.29 is 0 Å². The third-order valence-electron chi connectivity index (χ3n) is 3.89. The Labute approximate surface area is 101 Å². The van der Waals surface area contributed by atoms with Gasteiger partial charge in [0.2, 0.25) is 0 Å². The van der Waals surface area contributed by atoms with Crippen molar-refractivity contribution in [3.63, 3.8) is 0 Å². The van der Waals surface area contributed by atoms with E-state index in [9.17, 15) is 0 Å². The minimum Gasteiger partial charge on any atom is -0.327 e. The van der Waals surface area contributed by atoms with Crippen molar-refractivity contribution in [2.24, 2.45) is 11.7 Å². The minimum absolute atomic E-state index is 0.361. The quantitative estimate of drug-likeness (QED) is 0.855. The van der Waals surface area contributed by atoms with Crippen LogP contribution in [0.4, 0.5) is 0 Å². The van der Waals surface area contributed by atoms with E-state index in [-0.39, 0.29) is 0 Å². The zero-order valence-corrected chi connectivity index (χ0v) is 9.95. The summed E-state index contributed by atoms with van der Waals surface area (Å²) >= 11 is 0. The molecule has 0 radical (unpaired) electrons. The second-order valence-corrected chi connectivity index (χ2v) is 4.92.